The van der Waals surface area contributed by atoms with Crippen LogP contribution in [0.5, 0.6) is 0 Å². The highest BCUT2D eigenvalue weighted by Crippen LogP contribution is 2.09. The minimum Gasteiger partial charge on any atom is -0.444 e. The van der Waals surface area contributed by atoms with Gasteiger partial charge >= 0.3 is 6.09 Å². The van der Waals surface area contributed by atoms with E-state index in [0.717, 1.165) is 0 Å². The van der Waals surface area contributed by atoms with Crippen LogP contribution >= 0.6 is 22.6 Å². The second kappa shape index (κ2) is 4.86. The molecule has 6 heteroatoms. The van der Waals surface area contributed by atoms with Gasteiger partial charge in [0.2, 0.25) is 5.43 Å². The summed E-state index contributed by atoms with van der Waals surface area (Å²) in [5.74, 6) is 0. The molecule has 0 spiro atoms. The molecule has 88 valence electrons. The van der Waals surface area contributed by atoms with Crippen LogP contribution < -0.4 is 10.7 Å². The average Bonchev–Trinajstić information content (AvgIpc) is 2.09. The Balaban J connectivity index is 2.78. The van der Waals surface area contributed by atoms with Crippen LogP contribution in [0.4, 0.5) is 10.5 Å². The highest BCUT2D eigenvalue weighted by Gasteiger charge is 2.17. The molecule has 0 aromatic carbocycles. The van der Waals surface area contributed by atoms with E-state index in [9.17, 15) is 9.59 Å². The van der Waals surface area contributed by atoms with Gasteiger partial charge in [-0.25, -0.2) is 4.79 Å². The van der Waals surface area contributed by atoms with Crippen molar-refractivity contribution >= 4 is 34.4 Å². The molecule has 1 amide bonds. The van der Waals surface area contributed by atoms with Crippen LogP contribution in [0.3, 0.4) is 0 Å². The second-order valence-electron chi connectivity index (χ2n) is 4.17. The Labute approximate surface area is 107 Å². The number of aromatic amines is 1. The molecule has 0 aliphatic rings. The number of hydrogen-bond donors (Lipinski definition) is 2. The van der Waals surface area contributed by atoms with E-state index in [1.54, 1.807) is 27.0 Å². The Morgan fingerprint density at radius 3 is 2.62 bits per heavy atom. The molecule has 1 heterocycles. The maximum absolute atomic E-state index is 11.6. The van der Waals surface area contributed by atoms with Crippen molar-refractivity contribution in [3.63, 3.8) is 0 Å². The van der Waals surface area contributed by atoms with Crippen molar-refractivity contribution in [1.29, 1.82) is 0 Å². The first-order valence-electron chi connectivity index (χ1n) is 4.66. The number of amides is 1. The second-order valence-corrected chi connectivity index (χ2v) is 5.34. The van der Waals surface area contributed by atoms with Crippen LogP contribution in [-0.4, -0.2) is 16.7 Å². The molecule has 1 aromatic heterocycles. The van der Waals surface area contributed by atoms with Crippen molar-refractivity contribution in [2.75, 3.05) is 5.32 Å². The molecule has 0 atom stereocenters. The SMILES string of the molecule is CC(C)(C)OC(=O)Nc1c[nH]cc(I)c1=O. The lowest BCUT2D eigenvalue weighted by Crippen LogP contribution is -2.29. The lowest BCUT2D eigenvalue weighted by Gasteiger charge is -2.19. The van der Waals surface area contributed by atoms with E-state index in [1.807, 2.05) is 22.6 Å². The minimum atomic E-state index is -0.639. The number of carbonyl (C=O) groups is 1. The third-order valence-corrected chi connectivity index (χ3v) is 2.34. The molecule has 0 saturated heterocycles. The van der Waals surface area contributed by atoms with Gasteiger partial charge in [-0.05, 0) is 43.4 Å². The Kier molecular flexibility index (Phi) is 3.95. The quantitative estimate of drug-likeness (QED) is 0.774. The summed E-state index contributed by atoms with van der Waals surface area (Å²) in [6.45, 7) is 5.27. The van der Waals surface area contributed by atoms with Crippen molar-refractivity contribution < 1.29 is 9.53 Å². The van der Waals surface area contributed by atoms with Crippen LogP contribution in [0.15, 0.2) is 17.2 Å². The van der Waals surface area contributed by atoms with Crippen molar-refractivity contribution in [2.24, 2.45) is 0 Å². The number of rotatable bonds is 1. The Bertz CT molecular complexity index is 448. The van der Waals surface area contributed by atoms with Gasteiger partial charge in [0.25, 0.3) is 0 Å². The largest absolute Gasteiger partial charge is 0.444 e. The Morgan fingerprint density at radius 2 is 2.06 bits per heavy atom. The predicted octanol–water partition coefficient (Wildman–Crippen LogP) is 2.33. The van der Waals surface area contributed by atoms with E-state index in [-0.39, 0.29) is 11.1 Å². The third kappa shape index (κ3) is 3.84. The van der Waals surface area contributed by atoms with E-state index < -0.39 is 11.7 Å². The number of hydrogen-bond acceptors (Lipinski definition) is 3. The zero-order valence-corrected chi connectivity index (χ0v) is 11.4. The smallest absolute Gasteiger partial charge is 0.412 e. The van der Waals surface area contributed by atoms with Crippen molar-refractivity contribution in [2.45, 2.75) is 26.4 Å². The summed E-state index contributed by atoms with van der Waals surface area (Å²) in [6.07, 6.45) is 2.34. The molecule has 1 aromatic rings. The number of anilines is 1. The number of ether oxygens (including phenoxy) is 1. The van der Waals surface area contributed by atoms with Gasteiger partial charge in [0.15, 0.2) is 0 Å². The zero-order valence-electron chi connectivity index (χ0n) is 9.26. The maximum atomic E-state index is 11.6. The monoisotopic (exact) mass is 336 g/mol. The topological polar surface area (TPSA) is 71.2 Å². The summed E-state index contributed by atoms with van der Waals surface area (Å²) in [5, 5.41) is 2.40. The summed E-state index contributed by atoms with van der Waals surface area (Å²) in [6, 6.07) is 0. The van der Waals surface area contributed by atoms with Gasteiger partial charge in [0.1, 0.15) is 11.3 Å². The molecule has 2 N–H and O–H groups in total. The molecule has 0 bridgehead atoms. The Morgan fingerprint density at radius 1 is 1.44 bits per heavy atom. The lowest BCUT2D eigenvalue weighted by molar-refractivity contribution is 0.0635. The molecule has 0 aliphatic carbocycles. The van der Waals surface area contributed by atoms with Gasteiger partial charge in [-0.2, -0.15) is 0 Å². The fourth-order valence-corrected chi connectivity index (χ4v) is 1.43. The number of pyridine rings is 1. The van der Waals surface area contributed by atoms with Crippen LogP contribution in [0.1, 0.15) is 20.8 Å². The number of carbonyl (C=O) groups excluding carboxylic acids is 1. The maximum Gasteiger partial charge on any atom is 0.412 e. The standard InChI is InChI=1S/C10H13IN2O3/c1-10(2,3)16-9(15)13-7-5-12-4-6(11)8(7)14/h4-5H,1-3H3,(H,12,14)(H,13,15). The molecule has 0 saturated carbocycles. The van der Waals surface area contributed by atoms with Gasteiger partial charge in [-0.1, -0.05) is 0 Å². The third-order valence-electron chi connectivity index (χ3n) is 1.53. The van der Waals surface area contributed by atoms with E-state index in [4.69, 9.17) is 4.74 Å². The van der Waals surface area contributed by atoms with Crippen LogP contribution in [0.2, 0.25) is 0 Å². The van der Waals surface area contributed by atoms with Gasteiger partial charge < -0.3 is 9.72 Å². The Hall–Kier alpha value is -1.05. The normalized spacial score (nSPS) is 11.0. The first-order chi connectivity index (χ1) is 7.29. The number of aromatic nitrogens is 1. The summed E-state index contributed by atoms with van der Waals surface area (Å²) < 4.78 is 5.54. The molecule has 0 aliphatic heterocycles. The molecular weight excluding hydrogens is 323 g/mol. The molecular formula is C10H13IN2O3. The molecule has 5 nitrogen and oxygen atoms in total. The fraction of sp³-hybridized carbons (Fsp3) is 0.400. The minimum absolute atomic E-state index is 0.182. The van der Waals surface area contributed by atoms with Gasteiger partial charge in [-0.3, -0.25) is 10.1 Å². The van der Waals surface area contributed by atoms with E-state index in [1.165, 1.54) is 6.20 Å². The lowest BCUT2D eigenvalue weighted by atomic mass is 10.2. The van der Waals surface area contributed by atoms with E-state index >= 15 is 0 Å². The van der Waals surface area contributed by atoms with Crippen LogP contribution in [0, 0.1) is 3.57 Å². The van der Waals surface area contributed by atoms with Crippen molar-refractivity contribution in [3.05, 3.63) is 26.2 Å². The van der Waals surface area contributed by atoms with Gasteiger partial charge in [0.05, 0.1) is 3.57 Å². The zero-order chi connectivity index (χ0) is 12.3. The fourth-order valence-electron chi connectivity index (χ4n) is 0.964. The van der Waals surface area contributed by atoms with Crippen LogP contribution in [0.25, 0.3) is 0 Å². The first-order valence-corrected chi connectivity index (χ1v) is 5.74. The predicted molar refractivity (Wildman–Crippen MR) is 69.6 cm³/mol. The highest BCUT2D eigenvalue weighted by molar-refractivity contribution is 14.1. The summed E-state index contributed by atoms with van der Waals surface area (Å²) in [4.78, 5) is 25.7. The summed E-state index contributed by atoms with van der Waals surface area (Å²) in [5.41, 5.74) is -0.634. The average molecular weight is 336 g/mol. The van der Waals surface area contributed by atoms with E-state index in [2.05, 4.69) is 10.3 Å². The van der Waals surface area contributed by atoms with E-state index in [0.29, 0.717) is 3.57 Å². The van der Waals surface area contributed by atoms with Gasteiger partial charge in [-0.15, -0.1) is 0 Å². The number of H-pyrrole nitrogens is 1. The molecule has 16 heavy (non-hydrogen) atoms. The molecule has 1 rings (SSSR count). The molecule has 0 radical (unpaired) electrons. The first kappa shape index (κ1) is 13.0. The molecule has 0 fully saturated rings. The summed E-state index contributed by atoms with van der Waals surface area (Å²) in [7, 11) is 0. The van der Waals surface area contributed by atoms with Gasteiger partial charge in [0, 0.05) is 12.4 Å². The number of nitrogens with one attached hydrogen (secondary N) is 2. The van der Waals surface area contributed by atoms with Crippen molar-refractivity contribution in [3.8, 4) is 0 Å². The number of halogens is 1. The highest BCUT2D eigenvalue weighted by atomic mass is 127. The van der Waals surface area contributed by atoms with Crippen LogP contribution in [-0.2, 0) is 4.74 Å². The summed E-state index contributed by atoms with van der Waals surface area (Å²) >= 11 is 1.89. The molecule has 0 unspecified atom stereocenters. The van der Waals surface area contributed by atoms with Crippen molar-refractivity contribution in [1.82, 2.24) is 4.98 Å².